The van der Waals surface area contributed by atoms with E-state index in [4.69, 9.17) is 0 Å². The third-order valence-corrected chi connectivity index (χ3v) is 5.81. The lowest BCUT2D eigenvalue weighted by molar-refractivity contribution is 0.124. The number of hydrogen-bond donors (Lipinski definition) is 0. The number of likely N-dealkylation sites (N-methyl/N-ethyl adjacent to an activating group) is 1. The first-order valence-corrected chi connectivity index (χ1v) is 9.33. The molecule has 0 bridgehead atoms. The standard InChI is InChI=1S/C17H28N6O/c1-3-22-10-11-23(17(22)24)14-6-8-21(9-7-14)12-15-18-19-16(20(15)2)13-4-5-13/h13-14H,3-12H2,1-2H3. The van der Waals surface area contributed by atoms with E-state index >= 15 is 0 Å². The maximum absolute atomic E-state index is 12.3. The van der Waals surface area contributed by atoms with Crippen molar-refractivity contribution < 1.29 is 4.79 Å². The molecule has 4 rings (SSSR count). The van der Waals surface area contributed by atoms with E-state index in [2.05, 4.69) is 38.5 Å². The Morgan fingerprint density at radius 1 is 1.04 bits per heavy atom. The van der Waals surface area contributed by atoms with Crippen LogP contribution in [-0.2, 0) is 13.6 Å². The Hall–Kier alpha value is -1.63. The molecule has 0 spiro atoms. The van der Waals surface area contributed by atoms with E-state index in [1.165, 1.54) is 12.8 Å². The minimum Gasteiger partial charge on any atom is -0.323 e. The Morgan fingerprint density at radius 2 is 1.79 bits per heavy atom. The van der Waals surface area contributed by atoms with Crippen molar-refractivity contribution in [3.8, 4) is 0 Å². The number of nitrogens with zero attached hydrogens (tertiary/aromatic N) is 6. The molecule has 1 saturated carbocycles. The molecule has 2 aliphatic heterocycles. The molecule has 132 valence electrons. The second-order valence-electron chi connectivity index (χ2n) is 7.37. The first-order valence-electron chi connectivity index (χ1n) is 9.33. The first kappa shape index (κ1) is 15.9. The Balaban J connectivity index is 1.31. The number of amides is 2. The van der Waals surface area contributed by atoms with Crippen LogP contribution in [0.25, 0.3) is 0 Å². The van der Waals surface area contributed by atoms with Gasteiger partial charge >= 0.3 is 6.03 Å². The molecule has 0 atom stereocenters. The highest BCUT2D eigenvalue weighted by Gasteiger charge is 2.35. The molecule has 3 aliphatic rings. The summed E-state index contributed by atoms with van der Waals surface area (Å²) in [4.78, 5) is 18.8. The van der Waals surface area contributed by atoms with Gasteiger partial charge in [-0.15, -0.1) is 10.2 Å². The highest BCUT2D eigenvalue weighted by atomic mass is 16.2. The van der Waals surface area contributed by atoms with Crippen LogP contribution in [0.15, 0.2) is 0 Å². The summed E-state index contributed by atoms with van der Waals surface area (Å²) < 4.78 is 2.19. The smallest absolute Gasteiger partial charge is 0.320 e. The van der Waals surface area contributed by atoms with Crippen LogP contribution in [0.1, 0.15) is 50.2 Å². The number of rotatable bonds is 5. The number of hydrogen-bond acceptors (Lipinski definition) is 4. The molecular formula is C17H28N6O. The molecule has 0 unspecified atom stereocenters. The first-order chi connectivity index (χ1) is 11.7. The number of aromatic nitrogens is 3. The van der Waals surface area contributed by atoms with Crippen molar-refractivity contribution in [2.75, 3.05) is 32.7 Å². The molecule has 1 aliphatic carbocycles. The fraction of sp³-hybridized carbons (Fsp3) is 0.824. The summed E-state index contributed by atoms with van der Waals surface area (Å²) in [6, 6.07) is 0.644. The minimum atomic E-state index is 0.235. The molecule has 2 amide bonds. The average Bonchev–Trinajstić information content (AvgIpc) is 3.28. The fourth-order valence-corrected chi connectivity index (χ4v) is 4.03. The Kier molecular flexibility index (Phi) is 4.20. The molecule has 0 aromatic carbocycles. The average molecular weight is 332 g/mol. The predicted molar refractivity (Wildman–Crippen MR) is 90.6 cm³/mol. The van der Waals surface area contributed by atoms with Crippen molar-refractivity contribution in [3.63, 3.8) is 0 Å². The second kappa shape index (κ2) is 6.35. The van der Waals surface area contributed by atoms with Gasteiger partial charge in [-0.3, -0.25) is 4.90 Å². The van der Waals surface area contributed by atoms with Gasteiger partial charge < -0.3 is 14.4 Å². The van der Waals surface area contributed by atoms with Crippen LogP contribution in [0.2, 0.25) is 0 Å². The lowest BCUT2D eigenvalue weighted by Crippen LogP contribution is -2.46. The van der Waals surface area contributed by atoms with Gasteiger partial charge in [0.2, 0.25) is 0 Å². The molecule has 7 nitrogen and oxygen atoms in total. The van der Waals surface area contributed by atoms with Crippen LogP contribution < -0.4 is 0 Å². The van der Waals surface area contributed by atoms with Gasteiger partial charge in [-0.25, -0.2) is 4.79 Å². The molecule has 3 heterocycles. The van der Waals surface area contributed by atoms with Crippen LogP contribution in [0.5, 0.6) is 0 Å². The summed E-state index contributed by atoms with van der Waals surface area (Å²) in [6.07, 6.45) is 4.65. The van der Waals surface area contributed by atoms with Gasteiger partial charge in [0.25, 0.3) is 0 Å². The SMILES string of the molecule is CCN1CCN(C2CCN(Cc3nnc(C4CC4)n3C)CC2)C1=O. The largest absolute Gasteiger partial charge is 0.323 e. The number of carbonyl (C=O) groups is 1. The van der Waals surface area contributed by atoms with Crippen LogP contribution in [-0.4, -0.2) is 74.3 Å². The maximum atomic E-state index is 12.3. The zero-order valence-electron chi connectivity index (χ0n) is 14.8. The number of urea groups is 1. The molecule has 0 N–H and O–H groups in total. The summed E-state index contributed by atoms with van der Waals surface area (Å²) in [5.41, 5.74) is 0. The lowest BCUT2D eigenvalue weighted by atomic mass is 10.0. The van der Waals surface area contributed by atoms with Crippen molar-refractivity contribution in [2.45, 2.75) is 51.1 Å². The number of piperidine rings is 1. The Bertz CT molecular complexity index is 602. The van der Waals surface area contributed by atoms with Crippen LogP contribution in [0.3, 0.4) is 0 Å². The van der Waals surface area contributed by atoms with Crippen molar-refractivity contribution in [2.24, 2.45) is 7.05 Å². The number of carbonyl (C=O) groups excluding carboxylic acids is 1. The molecule has 1 aromatic heterocycles. The van der Waals surface area contributed by atoms with Crippen molar-refractivity contribution in [1.82, 2.24) is 29.5 Å². The molecular weight excluding hydrogens is 304 g/mol. The molecule has 2 saturated heterocycles. The fourth-order valence-electron chi connectivity index (χ4n) is 4.03. The molecule has 0 radical (unpaired) electrons. The van der Waals surface area contributed by atoms with Crippen LogP contribution in [0.4, 0.5) is 4.79 Å². The minimum absolute atomic E-state index is 0.235. The van der Waals surface area contributed by atoms with Crippen molar-refractivity contribution in [1.29, 1.82) is 0 Å². The summed E-state index contributed by atoms with van der Waals surface area (Å²) in [6.45, 7) is 7.60. The zero-order chi connectivity index (χ0) is 16.7. The summed E-state index contributed by atoms with van der Waals surface area (Å²) >= 11 is 0. The highest BCUT2D eigenvalue weighted by molar-refractivity contribution is 5.76. The van der Waals surface area contributed by atoms with Gasteiger partial charge in [-0.05, 0) is 32.6 Å². The highest BCUT2D eigenvalue weighted by Crippen LogP contribution is 2.38. The summed E-state index contributed by atoms with van der Waals surface area (Å²) in [5.74, 6) is 2.87. The third kappa shape index (κ3) is 2.90. The van der Waals surface area contributed by atoms with Crippen molar-refractivity contribution >= 4 is 6.03 Å². The Morgan fingerprint density at radius 3 is 2.42 bits per heavy atom. The van der Waals surface area contributed by atoms with E-state index in [9.17, 15) is 4.79 Å². The molecule has 24 heavy (non-hydrogen) atoms. The van der Waals surface area contributed by atoms with Gasteiger partial charge in [0.15, 0.2) is 0 Å². The van der Waals surface area contributed by atoms with Crippen LogP contribution in [0, 0.1) is 0 Å². The topological polar surface area (TPSA) is 57.5 Å². The van der Waals surface area contributed by atoms with Gasteiger partial charge in [0.05, 0.1) is 6.54 Å². The predicted octanol–water partition coefficient (Wildman–Crippen LogP) is 1.41. The van der Waals surface area contributed by atoms with E-state index in [0.717, 1.165) is 63.8 Å². The summed E-state index contributed by atoms with van der Waals surface area (Å²) in [7, 11) is 2.10. The van der Waals surface area contributed by atoms with Gasteiger partial charge in [-0.1, -0.05) is 0 Å². The van der Waals surface area contributed by atoms with Gasteiger partial charge in [-0.2, -0.15) is 0 Å². The summed E-state index contributed by atoms with van der Waals surface area (Å²) in [5, 5.41) is 8.78. The van der Waals surface area contributed by atoms with E-state index in [1.54, 1.807) is 0 Å². The third-order valence-electron chi connectivity index (χ3n) is 5.81. The van der Waals surface area contributed by atoms with E-state index < -0.39 is 0 Å². The second-order valence-corrected chi connectivity index (χ2v) is 7.37. The lowest BCUT2D eigenvalue weighted by Gasteiger charge is -2.36. The molecule has 1 aromatic rings. The monoisotopic (exact) mass is 332 g/mol. The normalized spacial score (nSPS) is 23.5. The number of likely N-dealkylation sites (tertiary alicyclic amines) is 1. The van der Waals surface area contributed by atoms with E-state index in [0.29, 0.717) is 12.0 Å². The zero-order valence-corrected chi connectivity index (χ0v) is 14.8. The van der Waals surface area contributed by atoms with E-state index in [1.807, 2.05) is 4.90 Å². The van der Waals surface area contributed by atoms with Gasteiger partial charge in [0, 0.05) is 51.7 Å². The van der Waals surface area contributed by atoms with Gasteiger partial charge in [0.1, 0.15) is 11.6 Å². The van der Waals surface area contributed by atoms with Crippen LogP contribution >= 0.6 is 0 Å². The maximum Gasteiger partial charge on any atom is 0.320 e. The van der Waals surface area contributed by atoms with E-state index in [-0.39, 0.29) is 6.03 Å². The van der Waals surface area contributed by atoms with Crippen molar-refractivity contribution in [3.05, 3.63) is 11.6 Å². The molecule has 7 heteroatoms. The Labute approximate surface area is 143 Å². The quantitative estimate of drug-likeness (QED) is 0.818. The molecule has 3 fully saturated rings.